The van der Waals surface area contributed by atoms with Crippen molar-refractivity contribution in [2.75, 3.05) is 24.3 Å². The smallest absolute Gasteiger partial charge is 0.159 e. The molecule has 0 aliphatic carbocycles. The van der Waals surface area contributed by atoms with Crippen LogP contribution in [0.5, 0.6) is 0 Å². The minimum absolute atomic E-state index is 0.406. The molecule has 5 nitrogen and oxygen atoms in total. The molecule has 6 heteroatoms. The average Bonchev–Trinajstić information content (AvgIpc) is 2.61. The van der Waals surface area contributed by atoms with Crippen molar-refractivity contribution in [1.29, 1.82) is 0 Å². The molecule has 0 fully saturated rings. The van der Waals surface area contributed by atoms with Gasteiger partial charge in [0.05, 0.1) is 11.4 Å². The Balaban J connectivity index is 2.45. The summed E-state index contributed by atoms with van der Waals surface area (Å²) in [6.07, 6.45) is 4.94. The van der Waals surface area contributed by atoms with Crippen molar-refractivity contribution in [3.8, 4) is 11.3 Å². The third-order valence-electron chi connectivity index (χ3n) is 4.42. The number of nitrogens with zero attached hydrogens (tertiary/aromatic N) is 4. The maximum atomic E-state index is 4.79. The summed E-state index contributed by atoms with van der Waals surface area (Å²) in [6, 6.07) is 2.53. The number of hydrogen-bond donors (Lipinski definition) is 1. The van der Waals surface area contributed by atoms with E-state index in [4.69, 9.17) is 9.97 Å². The van der Waals surface area contributed by atoms with E-state index in [0.29, 0.717) is 6.04 Å². The molecule has 0 aromatic carbocycles. The summed E-state index contributed by atoms with van der Waals surface area (Å²) >= 11 is 3.58. The molecule has 0 saturated carbocycles. The maximum Gasteiger partial charge on any atom is 0.159 e. The van der Waals surface area contributed by atoms with E-state index in [1.807, 2.05) is 32.1 Å². The SMILES string of the molecule is CCc1cc(N(C)C)ncc1-c1nc(Br)c(NC(CC)CC)nc1C. The summed E-state index contributed by atoms with van der Waals surface area (Å²) in [4.78, 5) is 16.1. The number of aryl methyl sites for hydroxylation is 2. The lowest BCUT2D eigenvalue weighted by atomic mass is 10.0. The van der Waals surface area contributed by atoms with Gasteiger partial charge in [-0.25, -0.2) is 15.0 Å². The molecule has 0 bridgehead atoms. The van der Waals surface area contributed by atoms with E-state index in [2.05, 4.69) is 53.1 Å². The van der Waals surface area contributed by atoms with E-state index >= 15 is 0 Å². The second kappa shape index (κ2) is 8.61. The summed E-state index contributed by atoms with van der Waals surface area (Å²) in [6.45, 7) is 8.51. The van der Waals surface area contributed by atoms with Gasteiger partial charge in [-0.05, 0) is 53.7 Å². The summed E-state index contributed by atoms with van der Waals surface area (Å²) in [7, 11) is 4.00. The molecule has 2 rings (SSSR count). The van der Waals surface area contributed by atoms with Crippen LogP contribution >= 0.6 is 15.9 Å². The predicted octanol–water partition coefficient (Wildman–Crippen LogP) is 4.84. The highest BCUT2D eigenvalue weighted by atomic mass is 79.9. The van der Waals surface area contributed by atoms with Crippen molar-refractivity contribution in [3.05, 3.63) is 28.1 Å². The van der Waals surface area contributed by atoms with Crippen molar-refractivity contribution in [2.45, 2.75) is 53.0 Å². The topological polar surface area (TPSA) is 53.9 Å². The number of hydrogen-bond acceptors (Lipinski definition) is 5. The second-order valence-electron chi connectivity index (χ2n) is 6.40. The molecule has 0 aliphatic heterocycles. The van der Waals surface area contributed by atoms with Gasteiger partial charge in [-0.3, -0.25) is 0 Å². The molecule has 136 valence electrons. The van der Waals surface area contributed by atoms with Gasteiger partial charge in [-0.2, -0.15) is 0 Å². The lowest BCUT2D eigenvalue weighted by Crippen LogP contribution is -2.19. The summed E-state index contributed by atoms with van der Waals surface area (Å²) in [5, 5.41) is 3.48. The van der Waals surface area contributed by atoms with Crippen LogP contribution in [0.25, 0.3) is 11.3 Å². The van der Waals surface area contributed by atoms with Crippen molar-refractivity contribution in [2.24, 2.45) is 0 Å². The third-order valence-corrected chi connectivity index (χ3v) is 4.98. The van der Waals surface area contributed by atoms with E-state index in [-0.39, 0.29) is 0 Å². The molecule has 0 saturated heterocycles. The quantitative estimate of drug-likeness (QED) is 0.713. The Kier molecular flexibility index (Phi) is 6.76. The van der Waals surface area contributed by atoms with E-state index in [1.54, 1.807) is 0 Å². The van der Waals surface area contributed by atoms with Crippen molar-refractivity contribution >= 4 is 27.6 Å². The van der Waals surface area contributed by atoms with E-state index in [1.165, 1.54) is 5.56 Å². The van der Waals surface area contributed by atoms with Gasteiger partial charge in [0.25, 0.3) is 0 Å². The van der Waals surface area contributed by atoms with Crippen LogP contribution in [-0.4, -0.2) is 35.1 Å². The number of aromatic nitrogens is 3. The summed E-state index contributed by atoms with van der Waals surface area (Å²) < 4.78 is 0.749. The maximum absolute atomic E-state index is 4.79. The highest BCUT2D eigenvalue weighted by Gasteiger charge is 2.16. The first-order valence-electron chi connectivity index (χ1n) is 8.88. The molecular weight excluding hydrogens is 378 g/mol. The van der Waals surface area contributed by atoms with E-state index in [9.17, 15) is 0 Å². The van der Waals surface area contributed by atoms with Gasteiger partial charge < -0.3 is 10.2 Å². The second-order valence-corrected chi connectivity index (χ2v) is 7.15. The Morgan fingerprint density at radius 3 is 2.40 bits per heavy atom. The van der Waals surface area contributed by atoms with Crippen molar-refractivity contribution in [1.82, 2.24) is 15.0 Å². The molecular formula is C19H28BrN5. The monoisotopic (exact) mass is 405 g/mol. The molecule has 0 atom stereocenters. The normalized spacial score (nSPS) is 11.0. The molecule has 1 N–H and O–H groups in total. The number of nitrogens with one attached hydrogen (secondary N) is 1. The number of rotatable bonds is 7. The standard InChI is InChI=1S/C19H28BrN5/c1-7-13-10-16(25(5)6)21-11-15(13)17-12(4)22-19(18(20)24-17)23-14(8-2)9-3/h10-11,14H,7-9H2,1-6H3,(H,22,23). The van der Waals surface area contributed by atoms with Crippen LogP contribution in [0.3, 0.4) is 0 Å². The van der Waals surface area contributed by atoms with Gasteiger partial charge in [-0.1, -0.05) is 20.8 Å². The molecule has 2 heterocycles. The van der Waals surface area contributed by atoms with Crippen LogP contribution in [0.2, 0.25) is 0 Å². The van der Waals surface area contributed by atoms with Gasteiger partial charge in [0.15, 0.2) is 5.82 Å². The fraction of sp³-hybridized carbons (Fsp3) is 0.526. The molecule has 0 radical (unpaired) electrons. The van der Waals surface area contributed by atoms with Crippen molar-refractivity contribution < 1.29 is 0 Å². The molecule has 0 spiro atoms. The lowest BCUT2D eigenvalue weighted by molar-refractivity contribution is 0.667. The zero-order valence-corrected chi connectivity index (χ0v) is 17.6. The summed E-state index contributed by atoms with van der Waals surface area (Å²) in [5.74, 6) is 1.77. The van der Waals surface area contributed by atoms with Crippen LogP contribution in [0.15, 0.2) is 16.9 Å². The zero-order valence-electron chi connectivity index (χ0n) is 16.0. The highest BCUT2D eigenvalue weighted by molar-refractivity contribution is 9.10. The first kappa shape index (κ1) is 19.6. The lowest BCUT2D eigenvalue weighted by Gasteiger charge is -2.19. The van der Waals surface area contributed by atoms with Gasteiger partial charge >= 0.3 is 0 Å². The predicted molar refractivity (Wildman–Crippen MR) is 109 cm³/mol. The molecule has 0 amide bonds. The largest absolute Gasteiger partial charge is 0.365 e. The first-order chi connectivity index (χ1) is 11.9. The molecule has 0 aliphatic rings. The van der Waals surface area contributed by atoms with Crippen LogP contribution in [0.1, 0.15) is 44.9 Å². The summed E-state index contributed by atoms with van der Waals surface area (Å²) in [5.41, 5.74) is 4.07. The first-order valence-corrected chi connectivity index (χ1v) is 9.67. The van der Waals surface area contributed by atoms with Crippen LogP contribution < -0.4 is 10.2 Å². The molecule has 2 aromatic rings. The Bertz CT molecular complexity index is 726. The van der Waals surface area contributed by atoms with E-state index < -0.39 is 0 Å². The number of halogens is 1. The van der Waals surface area contributed by atoms with Crippen LogP contribution in [-0.2, 0) is 6.42 Å². The van der Waals surface area contributed by atoms with E-state index in [0.717, 1.165) is 52.5 Å². The van der Waals surface area contributed by atoms with Crippen LogP contribution in [0.4, 0.5) is 11.6 Å². The van der Waals surface area contributed by atoms with Crippen LogP contribution in [0, 0.1) is 6.92 Å². The fourth-order valence-electron chi connectivity index (χ4n) is 2.77. The Morgan fingerprint density at radius 2 is 1.84 bits per heavy atom. The molecule has 0 unspecified atom stereocenters. The molecule has 2 aromatic heterocycles. The number of pyridine rings is 1. The number of anilines is 2. The Hall–Kier alpha value is -1.69. The highest BCUT2D eigenvalue weighted by Crippen LogP contribution is 2.30. The Morgan fingerprint density at radius 1 is 1.16 bits per heavy atom. The van der Waals surface area contributed by atoms with Gasteiger partial charge in [0, 0.05) is 31.9 Å². The Labute approximate surface area is 159 Å². The average molecular weight is 406 g/mol. The minimum Gasteiger partial charge on any atom is -0.365 e. The zero-order chi connectivity index (χ0) is 18.6. The van der Waals surface area contributed by atoms with Gasteiger partial charge in [-0.15, -0.1) is 0 Å². The third kappa shape index (κ3) is 4.48. The van der Waals surface area contributed by atoms with Gasteiger partial charge in [0.1, 0.15) is 10.4 Å². The minimum atomic E-state index is 0.406. The molecule has 25 heavy (non-hydrogen) atoms. The fourth-order valence-corrected chi connectivity index (χ4v) is 3.15. The van der Waals surface area contributed by atoms with Gasteiger partial charge in [0.2, 0.25) is 0 Å². The van der Waals surface area contributed by atoms with Crippen molar-refractivity contribution in [3.63, 3.8) is 0 Å².